The molecule has 0 saturated carbocycles. The minimum absolute atomic E-state index is 0.322. The van der Waals surface area contributed by atoms with Crippen molar-refractivity contribution in [3.63, 3.8) is 0 Å². The van der Waals surface area contributed by atoms with Gasteiger partial charge in [0.2, 0.25) is 0 Å². The highest BCUT2D eigenvalue weighted by Gasteiger charge is 2.10. The predicted molar refractivity (Wildman–Crippen MR) is 69.0 cm³/mol. The van der Waals surface area contributed by atoms with Crippen molar-refractivity contribution < 1.29 is 9.53 Å². The Hall–Kier alpha value is -1.16. The molecular formula is C12H14BrNO2. The Morgan fingerprint density at radius 1 is 1.31 bits per heavy atom. The fourth-order valence-electron chi connectivity index (χ4n) is 1.52. The van der Waals surface area contributed by atoms with Crippen molar-refractivity contribution in [2.24, 2.45) is 4.99 Å². The van der Waals surface area contributed by atoms with Gasteiger partial charge >= 0.3 is 5.97 Å². The van der Waals surface area contributed by atoms with Crippen LogP contribution in [-0.4, -0.2) is 17.7 Å². The Morgan fingerprint density at radius 3 is 2.19 bits per heavy atom. The lowest BCUT2D eigenvalue weighted by molar-refractivity contribution is 0.0600. The number of benzene rings is 1. The fraction of sp³-hybridized carbons (Fsp3) is 0.333. The van der Waals surface area contributed by atoms with Crippen LogP contribution in [0, 0.1) is 13.8 Å². The van der Waals surface area contributed by atoms with E-state index in [4.69, 9.17) is 0 Å². The Labute approximate surface area is 104 Å². The van der Waals surface area contributed by atoms with Crippen molar-refractivity contribution in [3.05, 3.63) is 28.8 Å². The van der Waals surface area contributed by atoms with Gasteiger partial charge in [0.05, 0.1) is 23.0 Å². The number of carbonyl (C=O) groups is 1. The Morgan fingerprint density at radius 2 is 1.81 bits per heavy atom. The Balaban J connectivity index is 3.28. The maximum absolute atomic E-state index is 11.4. The van der Waals surface area contributed by atoms with Gasteiger partial charge in [-0.2, -0.15) is 0 Å². The predicted octanol–water partition coefficient (Wildman–Crippen LogP) is 3.53. The van der Waals surface area contributed by atoms with Gasteiger partial charge in [0.15, 0.2) is 0 Å². The van der Waals surface area contributed by atoms with Gasteiger partial charge in [-0.3, -0.25) is 0 Å². The van der Waals surface area contributed by atoms with Crippen LogP contribution in [-0.2, 0) is 4.74 Å². The standard InChI is InChI=1S/C12H14BrNO2/c1-7-5-10(12(15)16-4)6-8(2)11(7)14-9(3)13/h5-6H,1-4H3/b14-9+. The van der Waals surface area contributed by atoms with Crippen molar-refractivity contribution in [2.75, 3.05) is 7.11 Å². The van der Waals surface area contributed by atoms with E-state index in [1.165, 1.54) is 7.11 Å². The van der Waals surface area contributed by atoms with Crippen LogP contribution in [0.4, 0.5) is 5.69 Å². The largest absolute Gasteiger partial charge is 0.465 e. The van der Waals surface area contributed by atoms with Gasteiger partial charge < -0.3 is 4.74 Å². The van der Waals surface area contributed by atoms with E-state index in [9.17, 15) is 4.79 Å². The topological polar surface area (TPSA) is 38.7 Å². The van der Waals surface area contributed by atoms with Crippen molar-refractivity contribution in [2.45, 2.75) is 20.8 Å². The maximum Gasteiger partial charge on any atom is 0.337 e. The van der Waals surface area contributed by atoms with Crippen molar-refractivity contribution in [3.8, 4) is 0 Å². The molecule has 0 heterocycles. The molecule has 86 valence electrons. The number of methoxy groups -OCH3 is 1. The first-order valence-corrected chi connectivity index (χ1v) is 5.65. The summed E-state index contributed by atoms with van der Waals surface area (Å²) in [6.07, 6.45) is 0. The number of hydrogen-bond donors (Lipinski definition) is 0. The zero-order valence-electron chi connectivity index (χ0n) is 9.80. The lowest BCUT2D eigenvalue weighted by Crippen LogP contribution is -2.02. The SMILES string of the molecule is COC(=O)c1cc(C)c(/N=C(\C)Br)c(C)c1. The van der Waals surface area contributed by atoms with Gasteiger partial charge in [-0.15, -0.1) is 0 Å². The van der Waals surface area contributed by atoms with E-state index in [1.54, 1.807) is 12.1 Å². The number of aliphatic imine (C=N–C) groups is 1. The second-order valence-electron chi connectivity index (χ2n) is 3.56. The number of esters is 1. The first-order valence-electron chi connectivity index (χ1n) is 4.86. The average Bonchev–Trinajstić information content (AvgIpc) is 2.21. The van der Waals surface area contributed by atoms with Crippen LogP contribution in [0.1, 0.15) is 28.4 Å². The Kier molecular flexibility index (Phi) is 4.24. The normalized spacial score (nSPS) is 11.4. The van der Waals surface area contributed by atoms with Gasteiger partial charge in [-0.25, -0.2) is 9.79 Å². The van der Waals surface area contributed by atoms with E-state index in [0.29, 0.717) is 5.56 Å². The molecular weight excluding hydrogens is 270 g/mol. The summed E-state index contributed by atoms with van der Waals surface area (Å²) in [5.41, 5.74) is 3.36. The molecule has 1 aromatic rings. The van der Waals surface area contributed by atoms with Crippen molar-refractivity contribution in [1.82, 2.24) is 0 Å². The summed E-state index contributed by atoms with van der Waals surface area (Å²) in [5, 5.41) is 0. The molecule has 4 heteroatoms. The van der Waals surface area contributed by atoms with Crippen LogP contribution < -0.4 is 0 Å². The van der Waals surface area contributed by atoms with Gasteiger partial charge in [0, 0.05) is 0 Å². The molecule has 0 aliphatic heterocycles. The number of halogens is 1. The molecule has 0 radical (unpaired) electrons. The average molecular weight is 284 g/mol. The lowest BCUT2D eigenvalue weighted by atomic mass is 10.0. The fourth-order valence-corrected chi connectivity index (χ4v) is 1.70. The van der Waals surface area contributed by atoms with Gasteiger partial charge in [0.25, 0.3) is 0 Å². The second-order valence-corrected chi connectivity index (χ2v) is 4.71. The van der Waals surface area contributed by atoms with Gasteiger partial charge in [0.1, 0.15) is 0 Å². The molecule has 1 rings (SSSR count). The van der Waals surface area contributed by atoms with Gasteiger partial charge in [-0.05, 0) is 60.0 Å². The van der Waals surface area contributed by atoms with E-state index in [1.807, 2.05) is 20.8 Å². The van der Waals surface area contributed by atoms with Crippen LogP contribution in [0.15, 0.2) is 17.1 Å². The molecule has 16 heavy (non-hydrogen) atoms. The molecule has 0 unspecified atom stereocenters. The lowest BCUT2D eigenvalue weighted by Gasteiger charge is -2.08. The number of nitrogens with zero attached hydrogens (tertiary/aromatic N) is 1. The van der Waals surface area contributed by atoms with E-state index in [-0.39, 0.29) is 5.97 Å². The molecule has 0 N–H and O–H groups in total. The summed E-state index contributed by atoms with van der Waals surface area (Å²) in [5.74, 6) is -0.322. The molecule has 0 bridgehead atoms. The molecule has 0 amide bonds. The zero-order valence-corrected chi connectivity index (χ0v) is 11.4. The zero-order chi connectivity index (χ0) is 12.3. The van der Waals surface area contributed by atoms with E-state index < -0.39 is 0 Å². The third kappa shape index (κ3) is 2.92. The second kappa shape index (κ2) is 5.25. The highest BCUT2D eigenvalue weighted by Crippen LogP contribution is 2.26. The number of rotatable bonds is 2. The summed E-state index contributed by atoms with van der Waals surface area (Å²) in [6, 6.07) is 3.57. The maximum atomic E-state index is 11.4. The highest BCUT2D eigenvalue weighted by atomic mass is 79.9. The molecule has 1 aromatic carbocycles. The summed E-state index contributed by atoms with van der Waals surface area (Å²) >= 11 is 3.30. The number of aryl methyl sites for hydroxylation is 2. The Bertz CT molecular complexity index is 425. The smallest absolute Gasteiger partial charge is 0.337 e. The number of hydrogen-bond acceptors (Lipinski definition) is 3. The molecule has 3 nitrogen and oxygen atoms in total. The minimum Gasteiger partial charge on any atom is -0.465 e. The molecule has 0 aliphatic carbocycles. The molecule has 0 aliphatic rings. The quantitative estimate of drug-likeness (QED) is 0.615. The first kappa shape index (κ1) is 12.9. The molecule has 0 saturated heterocycles. The van der Waals surface area contributed by atoms with Crippen LogP contribution in [0.3, 0.4) is 0 Å². The van der Waals surface area contributed by atoms with Crippen LogP contribution in [0.5, 0.6) is 0 Å². The molecule has 0 fully saturated rings. The summed E-state index contributed by atoms with van der Waals surface area (Å²) in [7, 11) is 1.38. The number of carbonyl (C=O) groups excluding carboxylic acids is 1. The third-order valence-electron chi connectivity index (χ3n) is 2.18. The van der Waals surface area contributed by atoms with Crippen LogP contribution in [0.2, 0.25) is 0 Å². The summed E-state index contributed by atoms with van der Waals surface area (Å²) < 4.78 is 5.49. The first-order chi connectivity index (χ1) is 7.45. The van der Waals surface area contributed by atoms with Crippen molar-refractivity contribution >= 4 is 32.2 Å². The monoisotopic (exact) mass is 283 g/mol. The highest BCUT2D eigenvalue weighted by molar-refractivity contribution is 9.18. The third-order valence-corrected chi connectivity index (χ3v) is 2.36. The number of ether oxygens (including phenoxy) is 1. The van der Waals surface area contributed by atoms with E-state index in [2.05, 4.69) is 25.7 Å². The molecule has 0 aromatic heterocycles. The van der Waals surface area contributed by atoms with Crippen molar-refractivity contribution in [1.29, 1.82) is 0 Å². The van der Waals surface area contributed by atoms with Gasteiger partial charge in [-0.1, -0.05) is 0 Å². The van der Waals surface area contributed by atoms with E-state index in [0.717, 1.165) is 21.4 Å². The summed E-state index contributed by atoms with van der Waals surface area (Å²) in [6.45, 7) is 5.72. The van der Waals surface area contributed by atoms with E-state index >= 15 is 0 Å². The summed E-state index contributed by atoms with van der Waals surface area (Å²) in [4.78, 5) is 15.8. The van der Waals surface area contributed by atoms with Crippen LogP contribution >= 0.6 is 15.9 Å². The minimum atomic E-state index is -0.322. The molecule has 0 spiro atoms. The van der Waals surface area contributed by atoms with Crippen LogP contribution in [0.25, 0.3) is 0 Å². The molecule has 0 atom stereocenters.